The van der Waals surface area contributed by atoms with Crippen LogP contribution in [0.2, 0.25) is 5.02 Å². The van der Waals surface area contributed by atoms with Gasteiger partial charge in [0, 0.05) is 0 Å². The zero-order valence-electron chi connectivity index (χ0n) is 4.30. The van der Waals surface area contributed by atoms with E-state index < -0.39 is 0 Å². The van der Waals surface area contributed by atoms with Gasteiger partial charge in [0.25, 0.3) is 0 Å². The molecule has 0 spiro atoms. The number of hydrogen-bond acceptors (Lipinski definition) is 3. The molecular weight excluding hydrogens is 142 g/mol. The fraction of sp³-hybridized carbons (Fsp3) is 0. The molecule has 0 N–H and O–H groups in total. The number of aliphatic imine (C=N–C) groups is 1. The quantitative estimate of drug-likeness (QED) is 0.445. The summed E-state index contributed by atoms with van der Waals surface area (Å²) in [4.78, 5) is 12.8. The molecule has 0 fully saturated rings. The van der Waals surface area contributed by atoms with Crippen LogP contribution in [0.15, 0.2) is 21.7 Å². The van der Waals surface area contributed by atoms with Gasteiger partial charge in [-0.25, -0.2) is 4.79 Å². The molecule has 3 nitrogen and oxygen atoms in total. The Morgan fingerprint density at radius 2 is 2.56 bits per heavy atom. The predicted molar refractivity (Wildman–Crippen MR) is 31.5 cm³/mol. The van der Waals surface area contributed by atoms with Crippen LogP contribution in [-0.2, 0) is 4.79 Å². The van der Waals surface area contributed by atoms with Crippen LogP contribution >= 0.6 is 11.6 Å². The maximum atomic E-state index is 9.61. The third-order valence-corrected chi connectivity index (χ3v) is 1.03. The summed E-state index contributed by atoms with van der Waals surface area (Å²) in [6.45, 7) is 0. The lowest BCUT2D eigenvalue weighted by molar-refractivity contribution is 0.554. The molecule has 1 heterocycles. The third kappa shape index (κ3) is 1.19. The number of halogens is 1. The lowest BCUT2D eigenvalue weighted by Gasteiger charge is -1.77. The van der Waals surface area contributed by atoms with Gasteiger partial charge in [-0.3, -0.25) is 0 Å². The van der Waals surface area contributed by atoms with Crippen LogP contribution in [0.4, 0.5) is 5.88 Å². The second-order valence-electron chi connectivity index (χ2n) is 1.28. The molecule has 0 aliphatic rings. The monoisotopic (exact) mass is 143 g/mol. The molecule has 9 heavy (non-hydrogen) atoms. The molecular formula is C5H2ClNO2. The van der Waals surface area contributed by atoms with Gasteiger partial charge in [0.15, 0.2) is 0 Å². The Kier molecular flexibility index (Phi) is 1.68. The molecule has 0 saturated heterocycles. The zero-order valence-corrected chi connectivity index (χ0v) is 5.05. The maximum absolute atomic E-state index is 9.61. The minimum Gasteiger partial charge on any atom is -0.445 e. The van der Waals surface area contributed by atoms with E-state index in [9.17, 15) is 4.79 Å². The average Bonchev–Trinajstić information content (AvgIpc) is 2.18. The van der Waals surface area contributed by atoms with E-state index in [1.807, 2.05) is 0 Å². The van der Waals surface area contributed by atoms with Gasteiger partial charge < -0.3 is 4.42 Å². The summed E-state index contributed by atoms with van der Waals surface area (Å²) in [5.74, 6) is 0.103. The Morgan fingerprint density at radius 1 is 1.78 bits per heavy atom. The maximum Gasteiger partial charge on any atom is 0.248 e. The molecule has 0 amide bonds. The summed E-state index contributed by atoms with van der Waals surface area (Å²) in [6, 6.07) is 1.50. The van der Waals surface area contributed by atoms with Crippen molar-refractivity contribution in [2.75, 3.05) is 0 Å². The van der Waals surface area contributed by atoms with E-state index in [2.05, 4.69) is 9.41 Å². The SMILES string of the molecule is O=C=Nc1occc1Cl. The summed E-state index contributed by atoms with van der Waals surface area (Å²) >= 11 is 5.45. The van der Waals surface area contributed by atoms with E-state index in [-0.39, 0.29) is 5.88 Å². The van der Waals surface area contributed by atoms with Gasteiger partial charge in [-0.15, -0.1) is 4.99 Å². The first kappa shape index (κ1) is 6.08. The van der Waals surface area contributed by atoms with Gasteiger partial charge in [-0.1, -0.05) is 11.6 Å². The lowest BCUT2D eigenvalue weighted by atomic mass is 10.6. The molecule has 1 aromatic rings. The van der Waals surface area contributed by atoms with Gasteiger partial charge >= 0.3 is 0 Å². The van der Waals surface area contributed by atoms with Gasteiger partial charge in [-0.2, -0.15) is 0 Å². The Labute approximate surface area is 56.0 Å². The molecule has 0 aromatic carbocycles. The van der Waals surface area contributed by atoms with Crippen LogP contribution in [0.3, 0.4) is 0 Å². The van der Waals surface area contributed by atoms with Gasteiger partial charge in [-0.05, 0) is 6.07 Å². The number of isocyanates is 1. The Hall–Kier alpha value is -1.05. The molecule has 0 unspecified atom stereocenters. The molecule has 0 saturated carbocycles. The molecule has 0 radical (unpaired) electrons. The third-order valence-electron chi connectivity index (χ3n) is 0.746. The van der Waals surface area contributed by atoms with Crippen molar-refractivity contribution < 1.29 is 9.21 Å². The molecule has 46 valence electrons. The largest absolute Gasteiger partial charge is 0.445 e. The van der Waals surface area contributed by atoms with Crippen molar-refractivity contribution in [2.45, 2.75) is 0 Å². The van der Waals surface area contributed by atoms with E-state index >= 15 is 0 Å². The second-order valence-corrected chi connectivity index (χ2v) is 1.68. The number of carbonyl (C=O) groups excluding carboxylic acids is 1. The highest BCUT2D eigenvalue weighted by Gasteiger charge is 1.98. The number of nitrogens with zero attached hydrogens (tertiary/aromatic N) is 1. The fourth-order valence-corrected chi connectivity index (χ4v) is 0.545. The highest BCUT2D eigenvalue weighted by Crippen LogP contribution is 2.24. The minimum absolute atomic E-state index is 0.103. The molecule has 0 bridgehead atoms. The average molecular weight is 144 g/mol. The van der Waals surface area contributed by atoms with Crippen LogP contribution in [0, 0.1) is 0 Å². The molecule has 4 heteroatoms. The Balaban J connectivity index is 3.07. The zero-order chi connectivity index (χ0) is 6.69. The topological polar surface area (TPSA) is 42.6 Å². The minimum atomic E-state index is 0.103. The number of hydrogen-bond donors (Lipinski definition) is 0. The highest BCUT2D eigenvalue weighted by atomic mass is 35.5. The molecule has 0 atom stereocenters. The smallest absolute Gasteiger partial charge is 0.248 e. The van der Waals surface area contributed by atoms with Crippen molar-refractivity contribution >= 4 is 23.6 Å². The summed E-state index contributed by atoms with van der Waals surface area (Å²) in [6.07, 6.45) is 2.65. The lowest BCUT2D eigenvalue weighted by Crippen LogP contribution is -1.53. The summed E-state index contributed by atoms with van der Waals surface area (Å²) in [5.41, 5.74) is 0. The van der Waals surface area contributed by atoms with E-state index in [4.69, 9.17) is 11.6 Å². The molecule has 0 aliphatic carbocycles. The van der Waals surface area contributed by atoms with Crippen LogP contribution < -0.4 is 0 Å². The van der Waals surface area contributed by atoms with E-state index in [0.29, 0.717) is 5.02 Å². The summed E-state index contributed by atoms with van der Waals surface area (Å²) < 4.78 is 4.64. The molecule has 1 aromatic heterocycles. The van der Waals surface area contributed by atoms with E-state index in [0.717, 1.165) is 0 Å². The number of rotatable bonds is 1. The van der Waals surface area contributed by atoms with Crippen molar-refractivity contribution in [3.8, 4) is 0 Å². The first-order chi connectivity index (χ1) is 4.34. The first-order valence-electron chi connectivity index (χ1n) is 2.15. The Morgan fingerprint density at radius 3 is 3.00 bits per heavy atom. The first-order valence-corrected chi connectivity index (χ1v) is 2.53. The van der Waals surface area contributed by atoms with Crippen LogP contribution in [0.1, 0.15) is 0 Å². The second kappa shape index (κ2) is 2.49. The molecule has 0 aliphatic heterocycles. The van der Waals surface area contributed by atoms with Gasteiger partial charge in [0.05, 0.1) is 6.26 Å². The van der Waals surface area contributed by atoms with Gasteiger partial charge in [0.1, 0.15) is 5.02 Å². The van der Waals surface area contributed by atoms with Crippen molar-refractivity contribution in [3.63, 3.8) is 0 Å². The summed E-state index contributed by atoms with van der Waals surface area (Å²) in [5, 5.41) is 0.318. The summed E-state index contributed by atoms with van der Waals surface area (Å²) in [7, 11) is 0. The fourth-order valence-electron chi connectivity index (χ4n) is 0.407. The normalized spacial score (nSPS) is 8.56. The molecule has 1 rings (SSSR count). The van der Waals surface area contributed by atoms with Crippen LogP contribution in [-0.4, -0.2) is 6.08 Å². The van der Waals surface area contributed by atoms with E-state index in [1.165, 1.54) is 18.4 Å². The van der Waals surface area contributed by atoms with Crippen molar-refractivity contribution in [1.29, 1.82) is 0 Å². The van der Waals surface area contributed by atoms with E-state index in [1.54, 1.807) is 0 Å². The standard InChI is InChI=1S/C5H2ClNO2/c6-4-1-2-9-5(4)7-3-8/h1-2H. The Bertz CT molecular complexity index is 249. The van der Waals surface area contributed by atoms with Crippen molar-refractivity contribution in [2.24, 2.45) is 4.99 Å². The van der Waals surface area contributed by atoms with Crippen LogP contribution in [0.5, 0.6) is 0 Å². The highest BCUT2D eigenvalue weighted by molar-refractivity contribution is 6.32. The number of furan rings is 1. The van der Waals surface area contributed by atoms with Crippen LogP contribution in [0.25, 0.3) is 0 Å². The van der Waals surface area contributed by atoms with Crippen molar-refractivity contribution in [1.82, 2.24) is 0 Å². The van der Waals surface area contributed by atoms with Gasteiger partial charge in [0.2, 0.25) is 12.0 Å². The van der Waals surface area contributed by atoms with Crippen molar-refractivity contribution in [3.05, 3.63) is 17.4 Å². The predicted octanol–water partition coefficient (Wildman–Crippen LogP) is 1.90.